The third kappa shape index (κ3) is 4.49. The number of anilines is 1. The highest BCUT2D eigenvalue weighted by molar-refractivity contribution is 5.78. The van der Waals surface area contributed by atoms with Crippen molar-refractivity contribution in [2.24, 2.45) is 0 Å². The van der Waals surface area contributed by atoms with Gasteiger partial charge in [-0.2, -0.15) is 0 Å². The minimum absolute atomic E-state index is 0.0407. The summed E-state index contributed by atoms with van der Waals surface area (Å²) in [6.07, 6.45) is 6.45. The van der Waals surface area contributed by atoms with Crippen molar-refractivity contribution in [3.8, 4) is 5.75 Å². The van der Waals surface area contributed by atoms with Crippen molar-refractivity contribution in [3.63, 3.8) is 0 Å². The zero-order chi connectivity index (χ0) is 19.3. The van der Waals surface area contributed by atoms with Crippen LogP contribution in [0.3, 0.4) is 0 Å². The first-order valence-corrected chi connectivity index (χ1v) is 10.5. The molecule has 0 unspecified atom stereocenters. The Morgan fingerprint density at radius 1 is 1.11 bits per heavy atom. The molecule has 0 saturated heterocycles. The minimum atomic E-state index is 0.0407. The predicted molar refractivity (Wildman–Crippen MR) is 113 cm³/mol. The molecule has 0 aromatic heterocycles. The molecule has 4 nitrogen and oxygen atoms in total. The monoisotopic (exact) mass is 378 g/mol. The Bertz CT molecular complexity index is 800. The van der Waals surface area contributed by atoms with Crippen molar-refractivity contribution in [1.82, 2.24) is 5.32 Å². The standard InChI is InChI=1S/C24H30N2O2/c1-18-12-13-22-23(14-18)28-17-21(26(22)16-19-8-4-2-5-9-19)15-24(27)25-20-10-6-3-7-11-20/h2,4-5,8-9,12-14,20-21H,3,6-7,10-11,15-17H2,1H3,(H,25,27)/t21-/m0/s1. The highest BCUT2D eigenvalue weighted by Gasteiger charge is 2.30. The van der Waals surface area contributed by atoms with E-state index < -0.39 is 0 Å². The molecule has 4 rings (SSSR count). The van der Waals surface area contributed by atoms with Gasteiger partial charge in [-0.25, -0.2) is 0 Å². The Kier molecular flexibility index (Phi) is 5.84. The number of nitrogens with one attached hydrogen (secondary N) is 1. The fourth-order valence-electron chi connectivity index (χ4n) is 4.36. The summed E-state index contributed by atoms with van der Waals surface area (Å²) in [7, 11) is 0. The number of nitrogens with zero attached hydrogens (tertiary/aromatic N) is 1. The van der Waals surface area contributed by atoms with Crippen molar-refractivity contribution in [2.75, 3.05) is 11.5 Å². The zero-order valence-corrected chi connectivity index (χ0v) is 16.7. The SMILES string of the molecule is Cc1ccc2c(c1)OC[C@H](CC(=O)NC1CCCCC1)N2Cc1ccccc1. The molecule has 2 aliphatic rings. The van der Waals surface area contributed by atoms with Crippen LogP contribution >= 0.6 is 0 Å². The molecule has 2 aromatic rings. The van der Waals surface area contributed by atoms with Crippen molar-refractivity contribution >= 4 is 11.6 Å². The Labute approximate surface area is 167 Å². The van der Waals surface area contributed by atoms with Crippen LogP contribution in [0.1, 0.15) is 49.7 Å². The summed E-state index contributed by atoms with van der Waals surface area (Å²) in [5, 5.41) is 3.26. The lowest BCUT2D eigenvalue weighted by atomic mass is 9.95. The highest BCUT2D eigenvalue weighted by atomic mass is 16.5. The first-order chi connectivity index (χ1) is 13.7. The van der Waals surface area contributed by atoms with Crippen LogP contribution in [0.4, 0.5) is 5.69 Å². The first kappa shape index (κ1) is 18.9. The lowest BCUT2D eigenvalue weighted by molar-refractivity contribution is -0.122. The summed E-state index contributed by atoms with van der Waals surface area (Å²) in [5.41, 5.74) is 3.51. The van der Waals surface area contributed by atoms with Gasteiger partial charge in [0.15, 0.2) is 0 Å². The number of amides is 1. The van der Waals surface area contributed by atoms with Crippen molar-refractivity contribution in [1.29, 1.82) is 0 Å². The van der Waals surface area contributed by atoms with E-state index in [1.807, 2.05) is 6.07 Å². The number of carbonyl (C=O) groups excluding carboxylic acids is 1. The van der Waals surface area contributed by atoms with Gasteiger partial charge in [0.1, 0.15) is 12.4 Å². The topological polar surface area (TPSA) is 41.6 Å². The van der Waals surface area contributed by atoms with E-state index in [1.165, 1.54) is 30.4 Å². The van der Waals surface area contributed by atoms with E-state index in [4.69, 9.17) is 4.74 Å². The van der Waals surface area contributed by atoms with Gasteiger partial charge in [0.05, 0.1) is 18.2 Å². The predicted octanol–water partition coefficient (Wildman–Crippen LogP) is 4.60. The Morgan fingerprint density at radius 3 is 2.68 bits per heavy atom. The Hall–Kier alpha value is -2.49. The summed E-state index contributed by atoms with van der Waals surface area (Å²) in [6, 6.07) is 17.2. The molecule has 1 aliphatic heterocycles. The molecule has 1 heterocycles. The molecule has 2 aromatic carbocycles. The Balaban J connectivity index is 1.51. The van der Waals surface area contributed by atoms with Gasteiger partial charge in [-0.1, -0.05) is 55.7 Å². The molecule has 1 amide bonds. The second-order valence-electron chi connectivity index (χ2n) is 8.16. The summed E-state index contributed by atoms with van der Waals surface area (Å²) in [4.78, 5) is 15.1. The van der Waals surface area contributed by atoms with Crippen molar-refractivity contribution in [2.45, 2.75) is 64.1 Å². The van der Waals surface area contributed by atoms with Crippen LogP contribution < -0.4 is 15.0 Å². The molecular formula is C24H30N2O2. The number of rotatable bonds is 5. The lowest BCUT2D eigenvalue weighted by Gasteiger charge is -2.39. The molecule has 1 fully saturated rings. The molecule has 1 aliphatic carbocycles. The molecule has 1 saturated carbocycles. The summed E-state index contributed by atoms with van der Waals surface area (Å²) >= 11 is 0. The number of hydrogen-bond acceptors (Lipinski definition) is 3. The van der Waals surface area contributed by atoms with E-state index in [2.05, 4.69) is 59.6 Å². The van der Waals surface area contributed by atoms with Crippen LogP contribution in [-0.2, 0) is 11.3 Å². The number of carbonyl (C=O) groups is 1. The van der Waals surface area contributed by atoms with Crippen LogP contribution in [0.2, 0.25) is 0 Å². The van der Waals surface area contributed by atoms with Crippen LogP contribution in [0, 0.1) is 6.92 Å². The third-order valence-corrected chi connectivity index (χ3v) is 5.88. The van der Waals surface area contributed by atoms with Crippen LogP contribution in [0.5, 0.6) is 5.75 Å². The lowest BCUT2D eigenvalue weighted by Crippen LogP contribution is -2.47. The largest absolute Gasteiger partial charge is 0.489 e. The quantitative estimate of drug-likeness (QED) is 0.827. The van der Waals surface area contributed by atoms with E-state index >= 15 is 0 Å². The van der Waals surface area contributed by atoms with Gasteiger partial charge in [0.2, 0.25) is 5.91 Å². The maximum absolute atomic E-state index is 12.8. The second-order valence-corrected chi connectivity index (χ2v) is 8.16. The Morgan fingerprint density at radius 2 is 1.89 bits per heavy atom. The molecule has 28 heavy (non-hydrogen) atoms. The number of ether oxygens (including phenoxy) is 1. The van der Waals surface area contributed by atoms with Gasteiger partial charge in [0, 0.05) is 12.6 Å². The molecule has 1 atom stereocenters. The fourth-order valence-corrected chi connectivity index (χ4v) is 4.36. The normalized spacial score (nSPS) is 19.6. The smallest absolute Gasteiger partial charge is 0.222 e. The summed E-state index contributed by atoms with van der Waals surface area (Å²) < 4.78 is 6.05. The fraction of sp³-hybridized carbons (Fsp3) is 0.458. The van der Waals surface area contributed by atoms with E-state index in [1.54, 1.807) is 0 Å². The maximum atomic E-state index is 12.8. The third-order valence-electron chi connectivity index (χ3n) is 5.88. The molecule has 148 valence electrons. The molecular weight excluding hydrogens is 348 g/mol. The zero-order valence-electron chi connectivity index (χ0n) is 16.7. The van der Waals surface area contributed by atoms with Crippen LogP contribution in [-0.4, -0.2) is 24.6 Å². The summed E-state index contributed by atoms with van der Waals surface area (Å²) in [6.45, 7) is 3.40. The van der Waals surface area contributed by atoms with E-state index in [-0.39, 0.29) is 11.9 Å². The van der Waals surface area contributed by atoms with Crippen LogP contribution in [0.15, 0.2) is 48.5 Å². The molecule has 4 heteroatoms. The van der Waals surface area contributed by atoms with Gasteiger partial charge in [-0.3, -0.25) is 4.79 Å². The van der Waals surface area contributed by atoms with Crippen molar-refractivity contribution < 1.29 is 9.53 Å². The number of aryl methyl sites for hydroxylation is 1. The molecule has 0 spiro atoms. The van der Waals surface area contributed by atoms with Gasteiger partial charge < -0.3 is 15.0 Å². The first-order valence-electron chi connectivity index (χ1n) is 10.5. The van der Waals surface area contributed by atoms with Crippen molar-refractivity contribution in [3.05, 3.63) is 59.7 Å². The van der Waals surface area contributed by atoms with Gasteiger partial charge in [-0.15, -0.1) is 0 Å². The number of fused-ring (bicyclic) bond motifs is 1. The molecule has 0 radical (unpaired) electrons. The van der Waals surface area contributed by atoms with Gasteiger partial charge in [-0.05, 0) is 43.0 Å². The number of benzene rings is 2. The van der Waals surface area contributed by atoms with Crippen LogP contribution in [0.25, 0.3) is 0 Å². The molecule has 0 bridgehead atoms. The average Bonchev–Trinajstić information content (AvgIpc) is 2.71. The second kappa shape index (κ2) is 8.68. The summed E-state index contributed by atoms with van der Waals surface area (Å²) in [5.74, 6) is 1.06. The van der Waals surface area contributed by atoms with Gasteiger partial charge >= 0.3 is 0 Å². The number of hydrogen-bond donors (Lipinski definition) is 1. The maximum Gasteiger partial charge on any atom is 0.222 e. The van der Waals surface area contributed by atoms with E-state index in [0.717, 1.165) is 30.8 Å². The van der Waals surface area contributed by atoms with E-state index in [9.17, 15) is 4.79 Å². The highest BCUT2D eigenvalue weighted by Crippen LogP contribution is 2.36. The average molecular weight is 379 g/mol. The van der Waals surface area contributed by atoms with Gasteiger partial charge in [0.25, 0.3) is 0 Å². The molecule has 1 N–H and O–H groups in total. The van der Waals surface area contributed by atoms with E-state index in [0.29, 0.717) is 19.1 Å². The minimum Gasteiger partial charge on any atom is -0.489 e.